The SMILES string of the molecule is c1ccc2c(c1)N=c1ccc3c(c1-2)SCN=3. The van der Waals surface area contributed by atoms with Gasteiger partial charge in [0, 0.05) is 16.0 Å². The number of hydrogen-bond acceptors (Lipinski definition) is 3. The molecule has 0 spiro atoms. The van der Waals surface area contributed by atoms with Gasteiger partial charge in [-0.2, -0.15) is 0 Å². The van der Waals surface area contributed by atoms with E-state index in [1.54, 1.807) is 0 Å². The molecule has 0 fully saturated rings. The van der Waals surface area contributed by atoms with E-state index < -0.39 is 0 Å². The highest BCUT2D eigenvalue weighted by atomic mass is 32.2. The quantitative estimate of drug-likeness (QED) is 0.575. The zero-order chi connectivity index (χ0) is 10.5. The number of hydrogen-bond donors (Lipinski definition) is 0. The normalized spacial score (nSPS) is 14.8. The highest BCUT2D eigenvalue weighted by Crippen LogP contribution is 2.37. The molecular weight excluding hydrogens is 216 g/mol. The Morgan fingerprint density at radius 1 is 1.00 bits per heavy atom. The van der Waals surface area contributed by atoms with E-state index in [1.807, 2.05) is 17.8 Å². The van der Waals surface area contributed by atoms with E-state index in [2.05, 4.69) is 40.3 Å². The second-order valence-corrected chi connectivity index (χ2v) is 4.82. The lowest BCUT2D eigenvalue weighted by Crippen LogP contribution is -2.11. The van der Waals surface area contributed by atoms with Gasteiger partial charge in [0.05, 0.1) is 22.3 Å². The van der Waals surface area contributed by atoms with Gasteiger partial charge in [0.25, 0.3) is 0 Å². The van der Waals surface area contributed by atoms with E-state index in [0.717, 1.165) is 22.3 Å². The summed E-state index contributed by atoms with van der Waals surface area (Å²) in [6.45, 7) is 0. The Kier molecular flexibility index (Phi) is 1.57. The highest BCUT2D eigenvalue weighted by Gasteiger charge is 2.20. The maximum absolute atomic E-state index is 4.64. The molecule has 2 aliphatic heterocycles. The van der Waals surface area contributed by atoms with Crippen molar-refractivity contribution in [2.24, 2.45) is 9.98 Å². The summed E-state index contributed by atoms with van der Waals surface area (Å²) in [5.74, 6) is 0.841. The molecular formula is C13H8N2S. The largest absolute Gasteiger partial charge is 0.273 e. The van der Waals surface area contributed by atoms with Gasteiger partial charge in [-0.25, -0.2) is 4.99 Å². The average molecular weight is 224 g/mol. The van der Waals surface area contributed by atoms with Gasteiger partial charge in [-0.3, -0.25) is 4.99 Å². The van der Waals surface area contributed by atoms with Crippen molar-refractivity contribution in [3.05, 3.63) is 47.1 Å². The first-order valence-electron chi connectivity index (χ1n) is 5.22. The van der Waals surface area contributed by atoms with Crippen LogP contribution in [0.4, 0.5) is 5.69 Å². The second kappa shape index (κ2) is 2.95. The molecule has 2 nitrogen and oxygen atoms in total. The van der Waals surface area contributed by atoms with Crippen molar-refractivity contribution < 1.29 is 0 Å². The first-order valence-corrected chi connectivity index (χ1v) is 6.20. The summed E-state index contributed by atoms with van der Waals surface area (Å²) in [7, 11) is 0. The third kappa shape index (κ3) is 0.985. The summed E-state index contributed by atoms with van der Waals surface area (Å²) in [6, 6.07) is 12.5. The van der Waals surface area contributed by atoms with Crippen LogP contribution in [0.25, 0.3) is 11.1 Å². The van der Waals surface area contributed by atoms with E-state index in [1.165, 1.54) is 16.0 Å². The van der Waals surface area contributed by atoms with Crippen molar-refractivity contribution in [2.75, 3.05) is 5.88 Å². The average Bonchev–Trinajstić information content (AvgIpc) is 2.91. The number of nitrogens with zero attached hydrogens (tertiary/aromatic N) is 2. The van der Waals surface area contributed by atoms with Crippen LogP contribution >= 0.6 is 11.8 Å². The third-order valence-electron chi connectivity index (χ3n) is 2.97. The summed E-state index contributed by atoms with van der Waals surface area (Å²) in [4.78, 5) is 10.4. The molecule has 2 aromatic carbocycles. The Balaban J connectivity index is 2.18. The molecule has 0 radical (unpaired) electrons. The number of fused-ring (bicyclic) bond motifs is 5. The maximum Gasteiger partial charge on any atom is 0.0898 e. The molecule has 16 heavy (non-hydrogen) atoms. The Hall–Kier alpha value is -1.61. The molecule has 2 aromatic rings. The van der Waals surface area contributed by atoms with Crippen LogP contribution in [0.15, 0.2) is 51.3 Å². The first-order chi connectivity index (χ1) is 7.93. The van der Waals surface area contributed by atoms with Crippen LogP contribution in [-0.2, 0) is 0 Å². The zero-order valence-electron chi connectivity index (χ0n) is 8.47. The van der Waals surface area contributed by atoms with Crippen LogP contribution in [-0.4, -0.2) is 5.88 Å². The Labute approximate surface area is 96.8 Å². The molecule has 0 unspecified atom stereocenters. The van der Waals surface area contributed by atoms with Crippen molar-refractivity contribution in [3.63, 3.8) is 0 Å². The number of thioether (sulfide) groups is 1. The van der Waals surface area contributed by atoms with Crippen molar-refractivity contribution in [1.82, 2.24) is 0 Å². The lowest BCUT2D eigenvalue weighted by Gasteiger charge is -2.02. The summed E-state index contributed by atoms with van der Waals surface area (Å²) in [6.07, 6.45) is 0. The third-order valence-corrected chi connectivity index (χ3v) is 3.93. The molecule has 2 heterocycles. The molecule has 3 heteroatoms. The van der Waals surface area contributed by atoms with Gasteiger partial charge in [0.1, 0.15) is 0 Å². The van der Waals surface area contributed by atoms with Gasteiger partial charge in [-0.15, -0.1) is 0 Å². The molecule has 0 aromatic heterocycles. The molecule has 2 aliphatic rings. The van der Waals surface area contributed by atoms with Crippen LogP contribution in [0.1, 0.15) is 0 Å². The minimum atomic E-state index is 0.841. The molecule has 0 N–H and O–H groups in total. The van der Waals surface area contributed by atoms with Crippen LogP contribution in [0, 0.1) is 0 Å². The van der Waals surface area contributed by atoms with E-state index >= 15 is 0 Å². The Bertz CT molecular complexity index is 719. The predicted octanol–water partition coefficient (Wildman–Crippen LogP) is 2.30. The summed E-state index contributed by atoms with van der Waals surface area (Å²) < 4.78 is 0. The molecule has 0 atom stereocenters. The lowest BCUT2D eigenvalue weighted by molar-refractivity contribution is 1.20. The van der Waals surface area contributed by atoms with Crippen LogP contribution in [0.3, 0.4) is 0 Å². The van der Waals surface area contributed by atoms with Crippen molar-refractivity contribution >= 4 is 17.4 Å². The highest BCUT2D eigenvalue weighted by molar-refractivity contribution is 7.99. The monoisotopic (exact) mass is 224 g/mol. The Morgan fingerprint density at radius 2 is 1.88 bits per heavy atom. The molecule has 4 rings (SSSR count). The molecule has 0 saturated heterocycles. The fraction of sp³-hybridized carbons (Fsp3) is 0.0769. The lowest BCUT2D eigenvalue weighted by atomic mass is 10.1. The standard InChI is InChI=1S/C13H8N2S/c1-2-4-9-8(3-1)12-10(15-9)5-6-11-13(12)16-7-14-11/h1-6H,7H2. The van der Waals surface area contributed by atoms with Gasteiger partial charge < -0.3 is 0 Å². The van der Waals surface area contributed by atoms with Crippen molar-refractivity contribution in [2.45, 2.75) is 4.90 Å². The minimum Gasteiger partial charge on any atom is -0.273 e. The van der Waals surface area contributed by atoms with E-state index in [9.17, 15) is 0 Å². The fourth-order valence-corrected chi connectivity index (χ4v) is 3.24. The maximum atomic E-state index is 4.64. The van der Waals surface area contributed by atoms with E-state index in [-0.39, 0.29) is 0 Å². The Morgan fingerprint density at radius 3 is 2.88 bits per heavy atom. The van der Waals surface area contributed by atoms with Gasteiger partial charge >= 0.3 is 0 Å². The summed E-state index contributed by atoms with van der Waals surface area (Å²) in [5, 5.41) is 2.21. The van der Waals surface area contributed by atoms with Crippen LogP contribution in [0.2, 0.25) is 0 Å². The zero-order valence-corrected chi connectivity index (χ0v) is 9.29. The number of para-hydroxylation sites is 1. The smallest absolute Gasteiger partial charge is 0.0898 e. The van der Waals surface area contributed by atoms with Crippen molar-refractivity contribution in [3.8, 4) is 11.1 Å². The molecule has 0 saturated carbocycles. The first kappa shape index (κ1) is 8.53. The van der Waals surface area contributed by atoms with Gasteiger partial charge in [-0.1, -0.05) is 30.0 Å². The van der Waals surface area contributed by atoms with Crippen LogP contribution in [0.5, 0.6) is 0 Å². The molecule has 0 aliphatic carbocycles. The topological polar surface area (TPSA) is 24.7 Å². The van der Waals surface area contributed by atoms with E-state index in [4.69, 9.17) is 0 Å². The number of rotatable bonds is 0. The minimum absolute atomic E-state index is 0.841. The van der Waals surface area contributed by atoms with Crippen molar-refractivity contribution in [1.29, 1.82) is 0 Å². The molecule has 0 bridgehead atoms. The second-order valence-electron chi connectivity index (χ2n) is 3.87. The van der Waals surface area contributed by atoms with Gasteiger partial charge in [0.2, 0.25) is 0 Å². The predicted molar refractivity (Wildman–Crippen MR) is 64.6 cm³/mol. The van der Waals surface area contributed by atoms with Gasteiger partial charge in [0.15, 0.2) is 0 Å². The molecule has 0 amide bonds. The summed E-state index contributed by atoms with van der Waals surface area (Å²) >= 11 is 1.81. The number of benzene rings is 2. The fourth-order valence-electron chi connectivity index (χ4n) is 2.26. The summed E-state index contributed by atoms with van der Waals surface area (Å²) in [5.41, 5.74) is 3.61. The van der Waals surface area contributed by atoms with E-state index in [0.29, 0.717) is 0 Å². The van der Waals surface area contributed by atoms with Gasteiger partial charge in [-0.05, 0) is 18.2 Å². The van der Waals surface area contributed by atoms with Crippen LogP contribution < -0.4 is 10.7 Å². The molecule has 76 valence electrons.